The predicted molar refractivity (Wildman–Crippen MR) is 115 cm³/mol. The van der Waals surface area contributed by atoms with Crippen molar-refractivity contribution < 1.29 is 33.3 Å². The Morgan fingerprint density at radius 3 is 2.42 bits per heavy atom. The fourth-order valence-electron chi connectivity index (χ4n) is 3.35. The minimum atomic E-state index is -0.317. The first kappa shape index (κ1) is 22.5. The maximum atomic E-state index is 12.0. The van der Waals surface area contributed by atoms with Crippen LogP contribution in [0.2, 0.25) is 0 Å². The van der Waals surface area contributed by atoms with E-state index in [1.54, 1.807) is 19.2 Å². The Morgan fingerprint density at radius 2 is 1.74 bits per heavy atom. The van der Waals surface area contributed by atoms with Crippen LogP contribution in [0.25, 0.3) is 11.1 Å². The molecule has 0 saturated heterocycles. The third-order valence-corrected chi connectivity index (χ3v) is 4.76. The molecule has 7 nitrogen and oxygen atoms in total. The van der Waals surface area contributed by atoms with Gasteiger partial charge in [0.15, 0.2) is 11.5 Å². The van der Waals surface area contributed by atoms with E-state index in [1.807, 2.05) is 39.0 Å². The first-order valence-electron chi connectivity index (χ1n) is 10.1. The highest BCUT2D eigenvalue weighted by Crippen LogP contribution is 2.45. The molecule has 1 heterocycles. The number of fused-ring (bicyclic) bond motifs is 1. The van der Waals surface area contributed by atoms with Gasteiger partial charge >= 0.3 is 11.9 Å². The number of esters is 2. The van der Waals surface area contributed by atoms with Gasteiger partial charge in [0.25, 0.3) is 0 Å². The van der Waals surface area contributed by atoms with Crippen LogP contribution in [-0.4, -0.2) is 39.4 Å². The summed E-state index contributed by atoms with van der Waals surface area (Å²) in [6, 6.07) is 9.14. The van der Waals surface area contributed by atoms with Gasteiger partial charge in [0.2, 0.25) is 5.75 Å². The molecule has 0 atom stereocenters. The summed E-state index contributed by atoms with van der Waals surface area (Å²) in [6.45, 7) is 6.45. The van der Waals surface area contributed by atoms with E-state index in [0.717, 1.165) is 16.7 Å². The Labute approximate surface area is 182 Å². The second-order valence-corrected chi connectivity index (χ2v) is 8.43. The normalized spacial score (nSPS) is 12.7. The average molecular weight is 428 g/mol. The zero-order valence-electron chi connectivity index (χ0n) is 18.6. The minimum absolute atomic E-state index is 0.112. The summed E-state index contributed by atoms with van der Waals surface area (Å²) in [5.74, 6) is 0.845. The van der Waals surface area contributed by atoms with Crippen LogP contribution in [0, 0.1) is 5.41 Å². The molecule has 3 rings (SSSR count). The van der Waals surface area contributed by atoms with Gasteiger partial charge in [0.05, 0.1) is 26.2 Å². The molecule has 1 aliphatic rings. The van der Waals surface area contributed by atoms with Crippen LogP contribution in [-0.2, 0) is 20.9 Å². The number of methoxy groups -OCH3 is 2. The largest absolute Gasteiger partial charge is 0.493 e. The maximum Gasteiger partial charge on any atom is 0.338 e. The van der Waals surface area contributed by atoms with E-state index in [4.69, 9.17) is 23.7 Å². The monoisotopic (exact) mass is 428 g/mol. The lowest BCUT2D eigenvalue weighted by Gasteiger charge is -2.19. The molecule has 0 unspecified atom stereocenters. The SMILES string of the molecule is COc1ccc(-c2ccc3c(c2)COC3=O)c(OCCOC(=O)CC(C)(C)C)c1OC. The standard InChI is InChI=1S/C24H28O7/c1-24(2,3)13-20(25)29-10-11-30-21-17(8-9-19(27-4)22(21)28-5)15-6-7-18-16(12-15)14-31-23(18)26/h6-9,12H,10-11,13-14H2,1-5H3. The van der Waals surface area contributed by atoms with E-state index >= 15 is 0 Å². The lowest BCUT2D eigenvalue weighted by Crippen LogP contribution is -2.18. The van der Waals surface area contributed by atoms with Crippen LogP contribution in [0.15, 0.2) is 30.3 Å². The van der Waals surface area contributed by atoms with Crippen molar-refractivity contribution >= 4 is 11.9 Å². The van der Waals surface area contributed by atoms with Gasteiger partial charge in [-0.25, -0.2) is 4.79 Å². The van der Waals surface area contributed by atoms with E-state index in [-0.39, 0.29) is 37.2 Å². The molecule has 7 heteroatoms. The molecule has 0 bridgehead atoms. The van der Waals surface area contributed by atoms with Gasteiger partial charge in [-0.15, -0.1) is 0 Å². The van der Waals surface area contributed by atoms with Gasteiger partial charge in [0.1, 0.15) is 19.8 Å². The molecule has 166 valence electrons. The van der Waals surface area contributed by atoms with Gasteiger partial charge in [-0.3, -0.25) is 4.79 Å². The number of benzene rings is 2. The number of rotatable bonds is 8. The second-order valence-electron chi connectivity index (χ2n) is 8.43. The second kappa shape index (κ2) is 9.29. The summed E-state index contributed by atoms with van der Waals surface area (Å²) in [5, 5.41) is 0. The third kappa shape index (κ3) is 5.29. The molecule has 2 aromatic carbocycles. The van der Waals surface area contributed by atoms with Crippen molar-refractivity contribution in [3.63, 3.8) is 0 Å². The lowest BCUT2D eigenvalue weighted by molar-refractivity contribution is -0.146. The molecule has 0 aromatic heterocycles. The minimum Gasteiger partial charge on any atom is -0.493 e. The number of carbonyl (C=O) groups is 2. The molecule has 0 spiro atoms. The highest BCUT2D eigenvalue weighted by Gasteiger charge is 2.24. The van der Waals surface area contributed by atoms with Crippen molar-refractivity contribution in [1.29, 1.82) is 0 Å². The summed E-state index contributed by atoms with van der Waals surface area (Å²) in [4.78, 5) is 23.7. The number of carbonyl (C=O) groups excluding carboxylic acids is 2. The Hall–Kier alpha value is -3.22. The fraction of sp³-hybridized carbons (Fsp3) is 0.417. The number of cyclic esters (lactones) is 1. The highest BCUT2D eigenvalue weighted by molar-refractivity contribution is 5.94. The molecular formula is C24H28O7. The van der Waals surface area contributed by atoms with Crippen LogP contribution in [0.5, 0.6) is 17.2 Å². The summed E-state index contributed by atoms with van der Waals surface area (Å²) in [5.41, 5.74) is 2.86. The van der Waals surface area contributed by atoms with E-state index in [9.17, 15) is 9.59 Å². The van der Waals surface area contributed by atoms with Gasteiger partial charge in [0, 0.05) is 11.1 Å². The van der Waals surface area contributed by atoms with Crippen molar-refractivity contribution in [1.82, 2.24) is 0 Å². The van der Waals surface area contributed by atoms with Gasteiger partial charge in [-0.2, -0.15) is 0 Å². The van der Waals surface area contributed by atoms with Crippen LogP contribution in [0.1, 0.15) is 43.1 Å². The summed E-state index contributed by atoms with van der Waals surface area (Å²) >= 11 is 0. The molecule has 0 amide bonds. The molecule has 0 radical (unpaired) electrons. The number of hydrogen-bond donors (Lipinski definition) is 0. The molecule has 31 heavy (non-hydrogen) atoms. The van der Waals surface area contributed by atoms with Crippen molar-refractivity contribution in [3.8, 4) is 28.4 Å². The van der Waals surface area contributed by atoms with E-state index in [0.29, 0.717) is 29.2 Å². The number of ether oxygens (including phenoxy) is 5. The molecule has 0 aliphatic carbocycles. The molecule has 0 fully saturated rings. The smallest absolute Gasteiger partial charge is 0.338 e. The molecule has 0 saturated carbocycles. The Morgan fingerprint density at radius 1 is 1.00 bits per heavy atom. The van der Waals surface area contributed by atoms with Crippen LogP contribution in [0.3, 0.4) is 0 Å². The van der Waals surface area contributed by atoms with E-state index in [1.165, 1.54) is 7.11 Å². The Kier molecular flexibility index (Phi) is 6.73. The zero-order valence-corrected chi connectivity index (χ0v) is 18.6. The van der Waals surface area contributed by atoms with Crippen molar-refractivity contribution in [3.05, 3.63) is 41.5 Å². The molecule has 2 aromatic rings. The van der Waals surface area contributed by atoms with Gasteiger partial charge < -0.3 is 23.7 Å². The fourth-order valence-corrected chi connectivity index (χ4v) is 3.35. The molecule has 0 N–H and O–H groups in total. The van der Waals surface area contributed by atoms with Crippen LogP contribution >= 0.6 is 0 Å². The first-order valence-corrected chi connectivity index (χ1v) is 10.1. The zero-order chi connectivity index (χ0) is 22.6. The van der Waals surface area contributed by atoms with E-state index < -0.39 is 0 Å². The predicted octanol–water partition coefficient (Wildman–Crippen LogP) is 4.40. The van der Waals surface area contributed by atoms with Gasteiger partial charge in [-0.05, 0) is 35.2 Å². The first-order chi connectivity index (χ1) is 14.7. The van der Waals surface area contributed by atoms with Gasteiger partial charge in [-0.1, -0.05) is 26.8 Å². The Balaban J connectivity index is 1.83. The topological polar surface area (TPSA) is 80.3 Å². The average Bonchev–Trinajstić information content (AvgIpc) is 3.09. The van der Waals surface area contributed by atoms with Crippen molar-refractivity contribution in [2.75, 3.05) is 27.4 Å². The lowest BCUT2D eigenvalue weighted by atomic mass is 9.93. The Bertz CT molecular complexity index is 973. The summed E-state index contributed by atoms with van der Waals surface area (Å²) in [7, 11) is 3.08. The summed E-state index contributed by atoms with van der Waals surface area (Å²) in [6.07, 6.45) is 0.330. The maximum absolute atomic E-state index is 12.0. The third-order valence-electron chi connectivity index (χ3n) is 4.76. The summed E-state index contributed by atoms with van der Waals surface area (Å²) < 4.78 is 27.3. The van der Waals surface area contributed by atoms with E-state index in [2.05, 4.69) is 0 Å². The molecular weight excluding hydrogens is 400 g/mol. The highest BCUT2D eigenvalue weighted by atomic mass is 16.6. The van der Waals surface area contributed by atoms with Crippen molar-refractivity contribution in [2.45, 2.75) is 33.8 Å². The van der Waals surface area contributed by atoms with Crippen LogP contribution < -0.4 is 14.2 Å². The molecule has 1 aliphatic heterocycles. The van der Waals surface area contributed by atoms with Crippen LogP contribution in [0.4, 0.5) is 0 Å². The quantitative estimate of drug-likeness (QED) is 0.455. The van der Waals surface area contributed by atoms with Crippen molar-refractivity contribution in [2.24, 2.45) is 5.41 Å². The number of hydrogen-bond acceptors (Lipinski definition) is 7.